The number of benzene rings is 1. The number of carbonyl (C=O) groups is 1. The lowest BCUT2D eigenvalue weighted by molar-refractivity contribution is 0.162. The molecule has 1 atom stereocenters. The van der Waals surface area contributed by atoms with Crippen LogP contribution in [0.15, 0.2) is 18.2 Å². The second-order valence-corrected chi connectivity index (χ2v) is 5.27. The highest BCUT2D eigenvalue weighted by Gasteiger charge is 2.24. The Kier molecular flexibility index (Phi) is 7.04. The molecule has 0 fully saturated rings. The molecule has 3 N–H and O–H groups in total. The van der Waals surface area contributed by atoms with Crippen LogP contribution in [0, 0.1) is 11.6 Å². The molecule has 0 aliphatic heterocycles. The number of ether oxygens (including phenoxy) is 1. The van der Waals surface area contributed by atoms with Crippen LogP contribution in [0.4, 0.5) is 13.6 Å². The average molecular weight is 316 g/mol. The van der Waals surface area contributed by atoms with Gasteiger partial charge in [0.1, 0.15) is 12.4 Å². The molecule has 0 bridgehead atoms. The Hall–Kier alpha value is -1.89. The summed E-state index contributed by atoms with van der Waals surface area (Å²) in [6.45, 7) is 3.74. The lowest BCUT2D eigenvalue weighted by Crippen LogP contribution is -2.53. The van der Waals surface area contributed by atoms with Gasteiger partial charge in [0.05, 0.1) is 18.7 Å². The molecule has 2 amide bonds. The second kappa shape index (κ2) is 8.53. The summed E-state index contributed by atoms with van der Waals surface area (Å²) in [6.07, 6.45) is 1.47. The minimum atomic E-state index is -0.791. The molecule has 1 aromatic rings. The fraction of sp³-hybridized carbons (Fsp3) is 0.533. The molecule has 0 aliphatic rings. The molecule has 0 spiro atoms. The molecule has 0 saturated heterocycles. The SMILES string of the molecule is CCCC(C)(CO)NC(=O)NCCOc1ccc(F)cc1F. The number of hydrogen-bond acceptors (Lipinski definition) is 3. The van der Waals surface area contributed by atoms with Crippen LogP contribution in [0.2, 0.25) is 0 Å². The summed E-state index contributed by atoms with van der Waals surface area (Å²) >= 11 is 0. The van der Waals surface area contributed by atoms with Gasteiger partial charge < -0.3 is 20.5 Å². The lowest BCUT2D eigenvalue weighted by Gasteiger charge is -2.28. The fourth-order valence-corrected chi connectivity index (χ4v) is 1.97. The molecule has 0 radical (unpaired) electrons. The Bertz CT molecular complexity index is 500. The maximum atomic E-state index is 13.3. The van der Waals surface area contributed by atoms with Crippen molar-refractivity contribution < 1.29 is 23.4 Å². The maximum Gasteiger partial charge on any atom is 0.315 e. The van der Waals surface area contributed by atoms with Crippen LogP contribution in [-0.2, 0) is 0 Å². The van der Waals surface area contributed by atoms with Crippen molar-refractivity contribution >= 4 is 6.03 Å². The number of rotatable bonds is 8. The number of urea groups is 1. The van der Waals surface area contributed by atoms with Crippen LogP contribution in [0.1, 0.15) is 26.7 Å². The number of amides is 2. The van der Waals surface area contributed by atoms with Crippen molar-refractivity contribution in [3.63, 3.8) is 0 Å². The van der Waals surface area contributed by atoms with Crippen LogP contribution in [0.5, 0.6) is 5.75 Å². The molecule has 5 nitrogen and oxygen atoms in total. The van der Waals surface area contributed by atoms with Gasteiger partial charge in [-0.1, -0.05) is 13.3 Å². The molecule has 1 unspecified atom stereocenters. The molecule has 1 aromatic carbocycles. The largest absolute Gasteiger partial charge is 0.489 e. The van der Waals surface area contributed by atoms with Crippen LogP contribution in [0.3, 0.4) is 0 Å². The minimum Gasteiger partial charge on any atom is -0.489 e. The van der Waals surface area contributed by atoms with Crippen molar-refractivity contribution in [3.05, 3.63) is 29.8 Å². The second-order valence-electron chi connectivity index (χ2n) is 5.27. The zero-order chi connectivity index (χ0) is 16.6. The van der Waals surface area contributed by atoms with Gasteiger partial charge in [-0.25, -0.2) is 13.6 Å². The van der Waals surface area contributed by atoms with Crippen LogP contribution < -0.4 is 15.4 Å². The van der Waals surface area contributed by atoms with Crippen molar-refractivity contribution in [1.29, 1.82) is 0 Å². The quantitative estimate of drug-likeness (QED) is 0.644. The van der Waals surface area contributed by atoms with Gasteiger partial charge in [0.2, 0.25) is 0 Å². The Morgan fingerprint density at radius 1 is 1.41 bits per heavy atom. The first kappa shape index (κ1) is 18.2. The van der Waals surface area contributed by atoms with Crippen LogP contribution in [0.25, 0.3) is 0 Å². The number of aliphatic hydroxyl groups excluding tert-OH is 1. The standard InChI is InChI=1S/C15H22F2N2O3/c1-3-6-15(2,10-20)19-14(21)18-7-8-22-13-5-4-11(16)9-12(13)17/h4-5,9,20H,3,6-8,10H2,1-2H3,(H2,18,19,21). The van der Waals surface area contributed by atoms with E-state index in [1.807, 2.05) is 6.92 Å². The van der Waals surface area contributed by atoms with Crippen molar-refractivity contribution in [2.24, 2.45) is 0 Å². The first-order valence-electron chi connectivity index (χ1n) is 7.15. The highest BCUT2D eigenvalue weighted by atomic mass is 19.1. The van der Waals surface area contributed by atoms with Gasteiger partial charge in [-0.05, 0) is 25.5 Å². The van der Waals surface area contributed by atoms with E-state index in [4.69, 9.17) is 4.74 Å². The number of aliphatic hydroxyl groups is 1. The van der Waals surface area contributed by atoms with E-state index in [1.54, 1.807) is 6.92 Å². The normalized spacial score (nSPS) is 13.3. The third kappa shape index (κ3) is 5.85. The van der Waals surface area contributed by atoms with Gasteiger partial charge in [-0.2, -0.15) is 0 Å². The van der Waals surface area contributed by atoms with Crippen LogP contribution >= 0.6 is 0 Å². The summed E-state index contributed by atoms with van der Waals surface area (Å²) < 4.78 is 31.1. The van der Waals surface area contributed by atoms with E-state index in [1.165, 1.54) is 6.07 Å². The molecule has 0 aliphatic carbocycles. The molecule has 0 aromatic heterocycles. The number of halogens is 2. The smallest absolute Gasteiger partial charge is 0.315 e. The predicted octanol–water partition coefficient (Wildman–Crippen LogP) is 2.19. The first-order chi connectivity index (χ1) is 10.4. The lowest BCUT2D eigenvalue weighted by atomic mass is 9.98. The van der Waals surface area contributed by atoms with E-state index >= 15 is 0 Å². The van der Waals surface area contributed by atoms with Crippen molar-refractivity contribution in [2.45, 2.75) is 32.2 Å². The maximum absolute atomic E-state index is 13.3. The van der Waals surface area contributed by atoms with Gasteiger partial charge in [0.15, 0.2) is 11.6 Å². The molecule has 22 heavy (non-hydrogen) atoms. The minimum absolute atomic E-state index is 0.0413. The number of carbonyl (C=O) groups excluding carboxylic acids is 1. The first-order valence-corrected chi connectivity index (χ1v) is 7.15. The van der Waals surface area contributed by atoms with Gasteiger partial charge in [-0.3, -0.25) is 0 Å². The van der Waals surface area contributed by atoms with E-state index in [9.17, 15) is 18.7 Å². The fourth-order valence-electron chi connectivity index (χ4n) is 1.97. The summed E-state index contributed by atoms with van der Waals surface area (Å²) in [5.74, 6) is -1.54. The third-order valence-corrected chi connectivity index (χ3v) is 3.11. The van der Waals surface area contributed by atoms with Gasteiger partial charge in [0.25, 0.3) is 0 Å². The van der Waals surface area contributed by atoms with E-state index in [2.05, 4.69) is 10.6 Å². The number of nitrogens with one attached hydrogen (secondary N) is 2. The summed E-state index contributed by atoms with van der Waals surface area (Å²) in [5, 5.41) is 14.5. The molecular formula is C15H22F2N2O3. The molecule has 124 valence electrons. The molecule has 0 heterocycles. The van der Waals surface area contributed by atoms with Crippen molar-refractivity contribution in [2.75, 3.05) is 19.8 Å². The predicted molar refractivity (Wildman–Crippen MR) is 78.8 cm³/mol. The highest BCUT2D eigenvalue weighted by molar-refractivity contribution is 5.74. The summed E-state index contributed by atoms with van der Waals surface area (Å²) in [6, 6.07) is 2.57. The van der Waals surface area contributed by atoms with Crippen molar-refractivity contribution in [1.82, 2.24) is 10.6 Å². The monoisotopic (exact) mass is 316 g/mol. The van der Waals surface area contributed by atoms with E-state index in [0.717, 1.165) is 18.6 Å². The summed E-state index contributed by atoms with van der Waals surface area (Å²) in [4.78, 5) is 11.7. The highest BCUT2D eigenvalue weighted by Crippen LogP contribution is 2.17. The zero-order valence-electron chi connectivity index (χ0n) is 12.8. The van der Waals surface area contributed by atoms with Gasteiger partial charge >= 0.3 is 6.03 Å². The topological polar surface area (TPSA) is 70.6 Å². The Balaban J connectivity index is 2.33. The third-order valence-electron chi connectivity index (χ3n) is 3.11. The Morgan fingerprint density at radius 2 is 2.14 bits per heavy atom. The summed E-state index contributed by atoms with van der Waals surface area (Å²) in [5.41, 5.74) is -0.678. The van der Waals surface area contributed by atoms with E-state index in [-0.39, 0.29) is 25.5 Å². The molecule has 0 saturated carbocycles. The van der Waals surface area contributed by atoms with E-state index < -0.39 is 23.2 Å². The molecule has 1 rings (SSSR count). The summed E-state index contributed by atoms with van der Waals surface area (Å²) in [7, 11) is 0. The molecule has 7 heteroatoms. The average Bonchev–Trinajstić information content (AvgIpc) is 2.45. The Labute approximate surface area is 128 Å². The van der Waals surface area contributed by atoms with E-state index in [0.29, 0.717) is 6.42 Å². The zero-order valence-corrected chi connectivity index (χ0v) is 12.8. The van der Waals surface area contributed by atoms with Gasteiger partial charge in [-0.15, -0.1) is 0 Å². The van der Waals surface area contributed by atoms with Gasteiger partial charge in [0, 0.05) is 6.07 Å². The molecular weight excluding hydrogens is 294 g/mol. The van der Waals surface area contributed by atoms with Crippen LogP contribution in [-0.4, -0.2) is 36.4 Å². The Morgan fingerprint density at radius 3 is 2.73 bits per heavy atom. The van der Waals surface area contributed by atoms with Crippen molar-refractivity contribution in [3.8, 4) is 5.75 Å². The number of hydrogen-bond donors (Lipinski definition) is 3.